The van der Waals surface area contributed by atoms with Gasteiger partial charge in [-0.2, -0.15) is 8.42 Å². The Labute approximate surface area is 152 Å². The summed E-state index contributed by atoms with van der Waals surface area (Å²) in [7, 11) is -3.52. The fraction of sp³-hybridized carbons (Fsp3) is 0.429. The molecule has 2 aromatic rings. The van der Waals surface area contributed by atoms with Crippen LogP contribution < -0.4 is 0 Å². The molecule has 0 aliphatic heterocycles. The Morgan fingerprint density at radius 3 is 2.32 bits per heavy atom. The lowest BCUT2D eigenvalue weighted by molar-refractivity contribution is 0.311. The summed E-state index contributed by atoms with van der Waals surface area (Å²) in [6.45, 7) is 6.89. The van der Waals surface area contributed by atoms with E-state index in [0.29, 0.717) is 6.42 Å². The van der Waals surface area contributed by atoms with Crippen molar-refractivity contribution >= 4 is 10.1 Å². The van der Waals surface area contributed by atoms with Crippen LogP contribution in [0.2, 0.25) is 0 Å². The molecule has 3 nitrogen and oxygen atoms in total. The van der Waals surface area contributed by atoms with Crippen LogP contribution >= 0.6 is 0 Å². The van der Waals surface area contributed by atoms with Crippen molar-refractivity contribution in [3.63, 3.8) is 0 Å². The van der Waals surface area contributed by atoms with Crippen LogP contribution in [0.15, 0.2) is 54.6 Å². The predicted octanol–water partition coefficient (Wildman–Crippen LogP) is 4.85. The highest BCUT2D eigenvalue weighted by atomic mass is 32.2. The summed E-state index contributed by atoms with van der Waals surface area (Å²) in [4.78, 5) is 0. The maximum atomic E-state index is 12.0. The minimum absolute atomic E-state index is 0.0754. The van der Waals surface area contributed by atoms with Gasteiger partial charge in [-0.3, -0.25) is 4.18 Å². The summed E-state index contributed by atoms with van der Waals surface area (Å²) in [6.07, 6.45) is 2.58. The molecule has 0 aliphatic carbocycles. The molecule has 0 aliphatic rings. The maximum absolute atomic E-state index is 12.0. The number of rotatable bonds is 9. The third kappa shape index (κ3) is 6.29. The normalized spacial score (nSPS) is 12.3. The monoisotopic (exact) mass is 360 g/mol. The van der Waals surface area contributed by atoms with Crippen molar-refractivity contribution in [2.45, 2.75) is 51.2 Å². The first-order chi connectivity index (χ1) is 11.8. The fourth-order valence-corrected chi connectivity index (χ4v) is 3.69. The Balaban J connectivity index is 1.84. The van der Waals surface area contributed by atoms with E-state index in [-0.39, 0.29) is 17.8 Å². The predicted molar refractivity (Wildman–Crippen MR) is 103 cm³/mol. The Kier molecular flexibility index (Phi) is 6.79. The first-order valence-electron chi connectivity index (χ1n) is 8.83. The highest BCUT2D eigenvalue weighted by Gasteiger charge is 2.18. The van der Waals surface area contributed by atoms with Crippen molar-refractivity contribution in [1.82, 2.24) is 0 Å². The molecule has 0 heterocycles. The van der Waals surface area contributed by atoms with Crippen LogP contribution in [0.3, 0.4) is 0 Å². The largest absolute Gasteiger partial charge is 0.271 e. The molecule has 0 radical (unpaired) electrons. The van der Waals surface area contributed by atoms with E-state index in [1.807, 2.05) is 18.2 Å². The van der Waals surface area contributed by atoms with Crippen LogP contribution in [0.5, 0.6) is 0 Å². The van der Waals surface area contributed by atoms with E-state index in [2.05, 4.69) is 45.0 Å². The average Bonchev–Trinajstić information content (AvgIpc) is 2.59. The smallest absolute Gasteiger partial charge is 0.270 e. The topological polar surface area (TPSA) is 43.4 Å². The summed E-state index contributed by atoms with van der Waals surface area (Å²) >= 11 is 0. The summed E-state index contributed by atoms with van der Waals surface area (Å²) < 4.78 is 29.2. The molecule has 0 fully saturated rings. The molecule has 0 bridgehead atoms. The zero-order valence-electron chi connectivity index (χ0n) is 15.4. The molecule has 0 unspecified atom stereocenters. The van der Waals surface area contributed by atoms with Crippen LogP contribution in [0.1, 0.15) is 50.3 Å². The van der Waals surface area contributed by atoms with Gasteiger partial charge in [0.25, 0.3) is 10.1 Å². The first kappa shape index (κ1) is 19.7. The van der Waals surface area contributed by atoms with Crippen molar-refractivity contribution in [2.75, 3.05) is 6.61 Å². The summed E-state index contributed by atoms with van der Waals surface area (Å²) in [5.41, 5.74) is 3.45. The second kappa shape index (κ2) is 8.63. The van der Waals surface area contributed by atoms with Crippen molar-refractivity contribution in [2.24, 2.45) is 0 Å². The molecule has 0 saturated heterocycles. The van der Waals surface area contributed by atoms with Crippen LogP contribution in [-0.4, -0.2) is 15.0 Å². The Bertz CT molecular complexity index is 765. The second-order valence-corrected chi connectivity index (χ2v) is 8.69. The zero-order chi connectivity index (χ0) is 18.3. The number of hydrogen-bond acceptors (Lipinski definition) is 3. The van der Waals surface area contributed by atoms with Gasteiger partial charge in [0.1, 0.15) is 5.75 Å². The Hall–Kier alpha value is -1.65. The van der Waals surface area contributed by atoms with E-state index in [1.165, 1.54) is 11.1 Å². The molecule has 0 atom stereocenters. The van der Waals surface area contributed by atoms with E-state index in [1.54, 1.807) is 12.1 Å². The minimum atomic E-state index is -3.52. The van der Waals surface area contributed by atoms with Crippen molar-refractivity contribution < 1.29 is 12.6 Å². The van der Waals surface area contributed by atoms with Gasteiger partial charge in [0.05, 0.1) is 6.61 Å². The number of benzene rings is 2. The second-order valence-electron chi connectivity index (χ2n) is 7.05. The summed E-state index contributed by atoms with van der Waals surface area (Å²) in [5.74, 6) is -0.0754. The van der Waals surface area contributed by atoms with Gasteiger partial charge in [-0.1, -0.05) is 75.4 Å². The third-order valence-corrected chi connectivity index (χ3v) is 5.86. The SMILES string of the molecule is CCC(C)(C)c1cccc(CCCOS(=O)(=O)Cc2ccccc2)c1. The molecule has 25 heavy (non-hydrogen) atoms. The average molecular weight is 361 g/mol. The third-order valence-electron chi connectivity index (χ3n) is 4.65. The zero-order valence-corrected chi connectivity index (χ0v) is 16.2. The molecule has 2 rings (SSSR count). The summed E-state index contributed by atoms with van der Waals surface area (Å²) in [5, 5.41) is 0. The highest BCUT2D eigenvalue weighted by Crippen LogP contribution is 2.27. The van der Waals surface area contributed by atoms with E-state index >= 15 is 0 Å². The van der Waals surface area contributed by atoms with Gasteiger partial charge in [0.2, 0.25) is 0 Å². The standard InChI is InChI=1S/C21H28O3S/c1-4-21(2,3)20-14-8-12-18(16-20)13-9-15-24-25(22,23)17-19-10-6-5-7-11-19/h5-8,10-12,14,16H,4,9,13,15,17H2,1-3H3. The van der Waals surface area contributed by atoms with Gasteiger partial charge < -0.3 is 0 Å². The van der Waals surface area contributed by atoms with Crippen LogP contribution in [0.25, 0.3) is 0 Å². The molecule has 0 spiro atoms. The number of aryl methyl sites for hydroxylation is 1. The van der Waals surface area contributed by atoms with Crippen molar-refractivity contribution in [3.05, 3.63) is 71.3 Å². The Morgan fingerprint density at radius 1 is 0.960 bits per heavy atom. The molecule has 136 valence electrons. The molecule has 0 saturated carbocycles. The van der Waals surface area contributed by atoms with E-state index in [0.717, 1.165) is 18.4 Å². The Morgan fingerprint density at radius 2 is 1.64 bits per heavy atom. The highest BCUT2D eigenvalue weighted by molar-refractivity contribution is 7.85. The van der Waals surface area contributed by atoms with Gasteiger partial charge >= 0.3 is 0 Å². The lowest BCUT2D eigenvalue weighted by atomic mass is 9.81. The lowest BCUT2D eigenvalue weighted by Crippen LogP contribution is -2.15. The van der Waals surface area contributed by atoms with Gasteiger partial charge in [0.15, 0.2) is 0 Å². The minimum Gasteiger partial charge on any atom is -0.270 e. The molecule has 0 aromatic heterocycles. The van der Waals surface area contributed by atoms with Crippen LogP contribution in [0, 0.1) is 0 Å². The van der Waals surface area contributed by atoms with Gasteiger partial charge in [-0.05, 0) is 41.4 Å². The molecular weight excluding hydrogens is 332 g/mol. The summed E-state index contributed by atoms with van der Waals surface area (Å²) in [6, 6.07) is 17.7. The van der Waals surface area contributed by atoms with Gasteiger partial charge in [-0.25, -0.2) is 0 Å². The molecule has 4 heteroatoms. The first-order valence-corrected chi connectivity index (χ1v) is 10.4. The van der Waals surface area contributed by atoms with E-state index in [4.69, 9.17) is 4.18 Å². The quantitative estimate of drug-likeness (QED) is 0.474. The van der Waals surface area contributed by atoms with E-state index in [9.17, 15) is 8.42 Å². The molecule has 2 aromatic carbocycles. The molecule has 0 amide bonds. The van der Waals surface area contributed by atoms with Crippen LogP contribution in [0.4, 0.5) is 0 Å². The maximum Gasteiger partial charge on any atom is 0.271 e. The van der Waals surface area contributed by atoms with E-state index < -0.39 is 10.1 Å². The number of hydrogen-bond donors (Lipinski definition) is 0. The molecule has 0 N–H and O–H groups in total. The lowest BCUT2D eigenvalue weighted by Gasteiger charge is -2.23. The molecular formula is C21H28O3S. The van der Waals surface area contributed by atoms with Crippen LogP contribution in [-0.2, 0) is 31.9 Å². The fourth-order valence-electron chi connectivity index (χ4n) is 2.63. The van der Waals surface area contributed by atoms with Gasteiger partial charge in [-0.15, -0.1) is 0 Å². The van der Waals surface area contributed by atoms with Crippen molar-refractivity contribution in [1.29, 1.82) is 0 Å². The van der Waals surface area contributed by atoms with Crippen molar-refractivity contribution in [3.8, 4) is 0 Å². The van der Waals surface area contributed by atoms with Gasteiger partial charge in [0, 0.05) is 0 Å².